The third-order valence-corrected chi connectivity index (χ3v) is 4.05. The highest BCUT2D eigenvalue weighted by atomic mass is 79.9. The van der Waals surface area contributed by atoms with E-state index < -0.39 is 11.8 Å². The number of para-hydroxylation sites is 1. The van der Waals surface area contributed by atoms with E-state index in [0.717, 1.165) is 10.2 Å². The molecule has 0 fully saturated rings. The van der Waals surface area contributed by atoms with Crippen LogP contribution < -0.4 is 15.5 Å². The zero-order chi connectivity index (χ0) is 19.8. The number of amides is 2. The van der Waals surface area contributed by atoms with Crippen LogP contribution in [0, 0.1) is 0 Å². The van der Waals surface area contributed by atoms with Crippen LogP contribution in [-0.2, 0) is 9.59 Å². The molecule has 0 aliphatic carbocycles. The number of carbonyl (C=O) groups excluding carboxylic acids is 2. The van der Waals surface area contributed by atoms with Crippen molar-refractivity contribution in [2.24, 2.45) is 5.10 Å². The fourth-order valence-electron chi connectivity index (χ4n) is 2.22. The minimum Gasteiger partial charge on any atom is -0.457 e. The van der Waals surface area contributed by atoms with E-state index in [1.807, 2.05) is 42.5 Å². The number of rotatable bonds is 5. The second kappa shape index (κ2) is 9.48. The van der Waals surface area contributed by atoms with E-state index in [1.165, 1.54) is 6.21 Å². The average Bonchev–Trinajstić information content (AvgIpc) is 2.71. The van der Waals surface area contributed by atoms with Gasteiger partial charge in [0, 0.05) is 10.2 Å². The molecule has 28 heavy (non-hydrogen) atoms. The molecule has 0 radical (unpaired) electrons. The Labute approximate surface area is 170 Å². The first-order valence-corrected chi connectivity index (χ1v) is 9.12. The summed E-state index contributed by atoms with van der Waals surface area (Å²) in [6.45, 7) is 0. The Morgan fingerprint density at radius 3 is 2.32 bits per heavy atom. The van der Waals surface area contributed by atoms with E-state index in [1.54, 1.807) is 36.4 Å². The fourth-order valence-corrected chi connectivity index (χ4v) is 2.48. The van der Waals surface area contributed by atoms with Gasteiger partial charge in [-0.05, 0) is 54.1 Å². The summed E-state index contributed by atoms with van der Waals surface area (Å²) in [7, 11) is 0. The third-order valence-electron chi connectivity index (χ3n) is 3.53. The van der Waals surface area contributed by atoms with Crippen molar-refractivity contribution in [2.75, 3.05) is 5.32 Å². The molecule has 140 valence electrons. The van der Waals surface area contributed by atoms with E-state index in [-0.39, 0.29) is 0 Å². The van der Waals surface area contributed by atoms with Gasteiger partial charge in [-0.2, -0.15) is 5.10 Å². The summed E-state index contributed by atoms with van der Waals surface area (Å²) in [5.41, 5.74) is 3.42. The molecule has 2 amide bonds. The van der Waals surface area contributed by atoms with Crippen LogP contribution in [0.25, 0.3) is 0 Å². The van der Waals surface area contributed by atoms with Crippen molar-refractivity contribution in [1.82, 2.24) is 5.43 Å². The SMILES string of the molecule is O=C(N/N=C\c1cccc(Oc2ccccc2)c1)C(=O)Nc1ccc(Br)cc1. The van der Waals surface area contributed by atoms with Crippen LogP contribution in [0.5, 0.6) is 11.5 Å². The number of halogens is 1. The van der Waals surface area contributed by atoms with Gasteiger partial charge in [-0.3, -0.25) is 9.59 Å². The number of carbonyl (C=O) groups is 2. The first-order chi connectivity index (χ1) is 13.6. The lowest BCUT2D eigenvalue weighted by molar-refractivity contribution is -0.136. The molecule has 0 saturated heterocycles. The van der Waals surface area contributed by atoms with Crippen molar-refractivity contribution >= 4 is 39.6 Å². The summed E-state index contributed by atoms with van der Waals surface area (Å²) >= 11 is 3.30. The van der Waals surface area contributed by atoms with E-state index in [9.17, 15) is 9.59 Å². The first-order valence-electron chi connectivity index (χ1n) is 8.33. The summed E-state index contributed by atoms with van der Waals surface area (Å²) < 4.78 is 6.62. The maximum atomic E-state index is 11.9. The van der Waals surface area contributed by atoms with Gasteiger partial charge in [0.25, 0.3) is 0 Å². The van der Waals surface area contributed by atoms with Crippen LogP contribution >= 0.6 is 15.9 Å². The molecular formula is C21H16BrN3O3. The summed E-state index contributed by atoms with van der Waals surface area (Å²) in [6, 6.07) is 23.4. The number of hydrogen-bond acceptors (Lipinski definition) is 4. The second-order valence-corrected chi connectivity index (χ2v) is 6.56. The van der Waals surface area contributed by atoms with Gasteiger partial charge in [-0.15, -0.1) is 0 Å². The van der Waals surface area contributed by atoms with Crippen LogP contribution in [0.4, 0.5) is 5.69 Å². The standard InChI is InChI=1S/C21H16BrN3O3/c22-16-9-11-17(12-10-16)24-20(26)21(27)25-23-14-15-5-4-8-19(13-15)28-18-6-2-1-3-7-18/h1-14H,(H,24,26)(H,25,27)/b23-14-. The number of hydrazone groups is 1. The Hall–Kier alpha value is -3.45. The number of nitrogens with zero attached hydrogens (tertiary/aromatic N) is 1. The van der Waals surface area contributed by atoms with Crippen LogP contribution in [0.3, 0.4) is 0 Å². The Morgan fingerprint density at radius 1 is 0.857 bits per heavy atom. The molecule has 0 aliphatic rings. The Morgan fingerprint density at radius 2 is 1.57 bits per heavy atom. The number of ether oxygens (including phenoxy) is 1. The van der Waals surface area contributed by atoms with E-state index >= 15 is 0 Å². The Bertz CT molecular complexity index is 989. The highest BCUT2D eigenvalue weighted by molar-refractivity contribution is 9.10. The number of nitrogens with one attached hydrogen (secondary N) is 2. The lowest BCUT2D eigenvalue weighted by atomic mass is 10.2. The molecular weight excluding hydrogens is 422 g/mol. The smallest absolute Gasteiger partial charge is 0.329 e. The molecule has 0 bridgehead atoms. The molecule has 0 unspecified atom stereocenters. The summed E-state index contributed by atoms with van der Waals surface area (Å²) in [5, 5.41) is 6.31. The maximum absolute atomic E-state index is 11.9. The van der Waals surface area contributed by atoms with Gasteiger partial charge in [0.15, 0.2) is 0 Å². The summed E-state index contributed by atoms with van der Waals surface area (Å²) in [5.74, 6) is -0.319. The normalized spacial score (nSPS) is 10.5. The molecule has 0 spiro atoms. The van der Waals surface area contributed by atoms with Gasteiger partial charge >= 0.3 is 11.8 Å². The van der Waals surface area contributed by atoms with Crippen molar-refractivity contribution in [3.63, 3.8) is 0 Å². The average molecular weight is 438 g/mol. The predicted molar refractivity (Wildman–Crippen MR) is 111 cm³/mol. The van der Waals surface area contributed by atoms with Gasteiger partial charge in [0.05, 0.1) is 6.21 Å². The molecule has 0 heterocycles. The number of hydrogen-bond donors (Lipinski definition) is 2. The molecule has 7 heteroatoms. The van der Waals surface area contributed by atoms with Gasteiger partial charge < -0.3 is 10.1 Å². The third kappa shape index (κ3) is 5.78. The molecule has 3 rings (SSSR count). The summed E-state index contributed by atoms with van der Waals surface area (Å²) in [4.78, 5) is 23.7. The molecule has 0 saturated carbocycles. The van der Waals surface area contributed by atoms with Gasteiger partial charge in [0.1, 0.15) is 11.5 Å². The molecule has 0 aromatic heterocycles. The topological polar surface area (TPSA) is 79.8 Å². The minimum atomic E-state index is -0.865. The van der Waals surface area contributed by atoms with Crippen molar-refractivity contribution in [3.05, 3.63) is 88.9 Å². The van der Waals surface area contributed by atoms with Crippen LogP contribution in [0.1, 0.15) is 5.56 Å². The lowest BCUT2D eigenvalue weighted by Gasteiger charge is -2.06. The highest BCUT2D eigenvalue weighted by Crippen LogP contribution is 2.21. The molecule has 2 N–H and O–H groups in total. The Kier molecular flexibility index (Phi) is 6.54. The van der Waals surface area contributed by atoms with E-state index in [4.69, 9.17) is 4.74 Å². The molecule has 3 aromatic carbocycles. The van der Waals surface area contributed by atoms with E-state index in [0.29, 0.717) is 17.0 Å². The highest BCUT2D eigenvalue weighted by Gasteiger charge is 2.12. The molecule has 0 aliphatic heterocycles. The largest absolute Gasteiger partial charge is 0.457 e. The fraction of sp³-hybridized carbons (Fsp3) is 0. The first kappa shape index (κ1) is 19.3. The van der Waals surface area contributed by atoms with Gasteiger partial charge in [0.2, 0.25) is 0 Å². The lowest BCUT2D eigenvalue weighted by Crippen LogP contribution is -2.32. The zero-order valence-corrected chi connectivity index (χ0v) is 16.2. The van der Waals surface area contributed by atoms with Gasteiger partial charge in [-0.25, -0.2) is 5.43 Å². The predicted octanol–water partition coefficient (Wildman–Crippen LogP) is 4.33. The van der Waals surface area contributed by atoms with Crippen molar-refractivity contribution in [1.29, 1.82) is 0 Å². The van der Waals surface area contributed by atoms with E-state index in [2.05, 4.69) is 31.8 Å². The van der Waals surface area contributed by atoms with Crippen molar-refractivity contribution < 1.29 is 14.3 Å². The Balaban J connectivity index is 1.55. The van der Waals surface area contributed by atoms with Crippen molar-refractivity contribution in [2.45, 2.75) is 0 Å². The minimum absolute atomic E-state index is 0.512. The molecule has 0 atom stereocenters. The number of benzene rings is 3. The molecule has 6 nitrogen and oxygen atoms in total. The van der Waals surface area contributed by atoms with Crippen LogP contribution in [0.2, 0.25) is 0 Å². The summed E-state index contributed by atoms with van der Waals surface area (Å²) in [6.07, 6.45) is 1.43. The molecule has 3 aromatic rings. The maximum Gasteiger partial charge on any atom is 0.329 e. The van der Waals surface area contributed by atoms with Gasteiger partial charge in [-0.1, -0.05) is 46.3 Å². The zero-order valence-electron chi connectivity index (χ0n) is 14.6. The van der Waals surface area contributed by atoms with Crippen LogP contribution in [0.15, 0.2) is 88.4 Å². The van der Waals surface area contributed by atoms with Crippen LogP contribution in [-0.4, -0.2) is 18.0 Å². The quantitative estimate of drug-likeness (QED) is 0.354. The number of anilines is 1. The monoisotopic (exact) mass is 437 g/mol. The second-order valence-electron chi connectivity index (χ2n) is 5.65. The van der Waals surface area contributed by atoms with Crippen molar-refractivity contribution in [3.8, 4) is 11.5 Å².